The molecule has 244 valence electrons. The summed E-state index contributed by atoms with van der Waals surface area (Å²) in [5, 5.41) is 0.642. The Balaban J connectivity index is 1.18. The molecule has 8 nitrogen and oxygen atoms in total. The topological polar surface area (TPSA) is 66.8 Å². The number of piperazine rings is 1. The molecule has 15 heteroatoms. The number of benzene rings is 2. The van der Waals surface area contributed by atoms with Crippen LogP contribution in [-0.4, -0.2) is 98.5 Å². The average Bonchev–Trinajstić information content (AvgIpc) is 3.38. The second kappa shape index (κ2) is 14.0. The first-order chi connectivity index (χ1) is 21.4. The first kappa shape index (κ1) is 33.1. The van der Waals surface area contributed by atoms with Crippen molar-refractivity contribution in [1.82, 2.24) is 14.7 Å². The molecule has 0 atom stereocenters. The number of methoxy groups -OCH3 is 1. The van der Waals surface area contributed by atoms with Crippen LogP contribution in [0.2, 0.25) is 0 Å². The Morgan fingerprint density at radius 1 is 0.889 bits per heavy atom. The van der Waals surface area contributed by atoms with Gasteiger partial charge in [-0.15, -0.1) is 0 Å². The van der Waals surface area contributed by atoms with E-state index in [1.54, 1.807) is 18.2 Å². The zero-order valence-corrected chi connectivity index (χ0v) is 25.2. The number of amides is 1. The molecule has 0 saturated carbocycles. The molecule has 2 aromatic carbocycles. The van der Waals surface area contributed by atoms with Crippen LogP contribution in [0.25, 0.3) is 6.08 Å². The number of alkyl halides is 6. The van der Waals surface area contributed by atoms with Gasteiger partial charge in [0.25, 0.3) is 5.91 Å². The fourth-order valence-corrected chi connectivity index (χ4v) is 6.11. The molecule has 0 N–H and O–H groups in total. The number of rotatable bonds is 8. The van der Waals surface area contributed by atoms with Gasteiger partial charge in [-0.2, -0.15) is 31.3 Å². The third-order valence-electron chi connectivity index (χ3n) is 7.70. The molecule has 45 heavy (non-hydrogen) atoms. The number of hydrogen-bond donors (Lipinski definition) is 0. The lowest BCUT2D eigenvalue weighted by Crippen LogP contribution is -2.50. The second-order valence-electron chi connectivity index (χ2n) is 10.7. The van der Waals surface area contributed by atoms with Crippen molar-refractivity contribution in [3.8, 4) is 11.5 Å². The van der Waals surface area contributed by atoms with Crippen LogP contribution in [0.3, 0.4) is 0 Å². The summed E-state index contributed by atoms with van der Waals surface area (Å²) in [6.07, 6.45) is -8.29. The molecule has 5 rings (SSSR count). The number of carbonyl (C=O) groups excluding carboxylic acids is 1. The Labute approximate surface area is 260 Å². The highest BCUT2D eigenvalue weighted by molar-refractivity contribution is 8.18. The highest BCUT2D eigenvalue weighted by Crippen LogP contribution is 2.39. The minimum absolute atomic E-state index is 0.0738. The van der Waals surface area contributed by atoms with E-state index in [0.717, 1.165) is 71.6 Å². The lowest BCUT2D eigenvalue weighted by atomic mass is 10.0. The molecular formula is C30H32F6N4O4S. The number of morpholine rings is 1. The van der Waals surface area contributed by atoms with Crippen LogP contribution < -0.4 is 9.47 Å². The molecule has 0 bridgehead atoms. The number of thioether (sulfide) groups is 1. The lowest BCUT2D eigenvalue weighted by Gasteiger charge is -2.36. The highest BCUT2D eigenvalue weighted by Gasteiger charge is 2.38. The van der Waals surface area contributed by atoms with E-state index in [9.17, 15) is 31.1 Å². The van der Waals surface area contributed by atoms with Gasteiger partial charge in [-0.25, -0.2) is 0 Å². The molecular weight excluding hydrogens is 626 g/mol. The summed E-state index contributed by atoms with van der Waals surface area (Å²) in [7, 11) is 1.34. The van der Waals surface area contributed by atoms with Crippen molar-refractivity contribution in [2.75, 3.05) is 72.7 Å². The Kier molecular flexibility index (Phi) is 10.3. The van der Waals surface area contributed by atoms with Gasteiger partial charge in [-0.05, 0) is 47.7 Å². The summed E-state index contributed by atoms with van der Waals surface area (Å²) in [5.41, 5.74) is -2.72. The second-order valence-corrected chi connectivity index (χ2v) is 11.7. The van der Waals surface area contributed by atoms with Crippen molar-refractivity contribution >= 4 is 28.9 Å². The number of nitrogens with zero attached hydrogens (tertiary/aromatic N) is 4. The minimum Gasteiger partial charge on any atom is -0.493 e. The maximum absolute atomic E-state index is 13.5. The number of halogens is 6. The van der Waals surface area contributed by atoms with Crippen LogP contribution >= 0.6 is 11.8 Å². The van der Waals surface area contributed by atoms with E-state index in [2.05, 4.69) is 19.7 Å². The number of carbonyl (C=O) groups is 1. The van der Waals surface area contributed by atoms with Gasteiger partial charge in [-0.1, -0.05) is 12.1 Å². The van der Waals surface area contributed by atoms with E-state index >= 15 is 0 Å². The zero-order valence-electron chi connectivity index (χ0n) is 24.4. The van der Waals surface area contributed by atoms with Crippen molar-refractivity contribution in [2.24, 2.45) is 4.99 Å². The van der Waals surface area contributed by atoms with E-state index < -0.39 is 35.6 Å². The van der Waals surface area contributed by atoms with Crippen molar-refractivity contribution in [3.05, 3.63) is 63.6 Å². The molecule has 0 aliphatic carbocycles. The number of amidine groups is 1. The predicted molar refractivity (Wildman–Crippen MR) is 157 cm³/mol. The molecule has 2 aromatic rings. The monoisotopic (exact) mass is 658 g/mol. The Morgan fingerprint density at radius 2 is 1.58 bits per heavy atom. The van der Waals surface area contributed by atoms with Crippen LogP contribution in [0.5, 0.6) is 11.5 Å². The number of aliphatic imine (C=N–C) groups is 1. The molecule has 0 aromatic heterocycles. The third kappa shape index (κ3) is 8.51. The Bertz CT molecular complexity index is 1430. The summed E-state index contributed by atoms with van der Waals surface area (Å²) in [6.45, 7) is 8.04. The zero-order chi connectivity index (χ0) is 32.2. The van der Waals surface area contributed by atoms with Gasteiger partial charge in [0.15, 0.2) is 16.7 Å². The SMILES string of the molecule is COc1cc(C=C2SC(N3CCN(CCN4CCOCC4)CC3)=NC2=O)ccc1OCc1ccc(C(F)(F)F)cc1C(F)(F)F. The third-order valence-corrected chi connectivity index (χ3v) is 8.74. The van der Waals surface area contributed by atoms with Gasteiger partial charge in [0.05, 0.1) is 36.4 Å². The van der Waals surface area contributed by atoms with Crippen molar-refractivity contribution in [2.45, 2.75) is 19.0 Å². The summed E-state index contributed by atoms with van der Waals surface area (Å²) in [4.78, 5) is 24.3. The van der Waals surface area contributed by atoms with Gasteiger partial charge < -0.3 is 19.1 Å². The molecule has 0 spiro atoms. The molecule has 3 aliphatic rings. The van der Waals surface area contributed by atoms with Crippen LogP contribution in [0.1, 0.15) is 22.3 Å². The number of ether oxygens (including phenoxy) is 3. The summed E-state index contributed by atoms with van der Waals surface area (Å²) < 4.78 is 95.8. The maximum Gasteiger partial charge on any atom is 0.416 e. The van der Waals surface area contributed by atoms with E-state index in [0.29, 0.717) is 21.7 Å². The summed E-state index contributed by atoms with van der Waals surface area (Å²) >= 11 is 1.28. The van der Waals surface area contributed by atoms with Gasteiger partial charge in [-0.3, -0.25) is 14.6 Å². The fraction of sp³-hybridized carbons (Fsp3) is 0.467. The van der Waals surface area contributed by atoms with E-state index in [1.165, 1.54) is 24.9 Å². The number of hydrogen-bond acceptors (Lipinski definition) is 8. The molecule has 3 heterocycles. The lowest BCUT2D eigenvalue weighted by molar-refractivity contribution is -0.143. The van der Waals surface area contributed by atoms with Gasteiger partial charge in [0.1, 0.15) is 6.61 Å². The largest absolute Gasteiger partial charge is 0.493 e. The first-order valence-electron chi connectivity index (χ1n) is 14.3. The molecule has 0 radical (unpaired) electrons. The van der Waals surface area contributed by atoms with Gasteiger partial charge >= 0.3 is 12.4 Å². The standard InChI is InChI=1S/C30H32F6N4O4S/c1-42-25-16-20(2-5-24(25)44-19-21-3-4-22(29(31,32)33)18-23(21)30(34,35)36)17-26-27(41)37-28(45-26)40-10-8-38(9-11-40)6-7-39-12-14-43-15-13-39/h2-5,16-18H,6-15,19H2,1H3. The molecule has 2 saturated heterocycles. The average molecular weight is 659 g/mol. The summed E-state index contributed by atoms with van der Waals surface area (Å²) in [6, 6.07) is 6.03. The van der Waals surface area contributed by atoms with Crippen LogP contribution in [0, 0.1) is 0 Å². The van der Waals surface area contributed by atoms with E-state index in [1.807, 2.05) is 0 Å². The molecule has 0 unspecified atom stereocenters. The van der Waals surface area contributed by atoms with Gasteiger partial charge in [0, 0.05) is 57.9 Å². The molecule has 1 amide bonds. The van der Waals surface area contributed by atoms with Crippen molar-refractivity contribution in [1.29, 1.82) is 0 Å². The summed E-state index contributed by atoms with van der Waals surface area (Å²) in [5.74, 6) is -0.109. The minimum atomic E-state index is -5.01. The molecule has 3 aliphatic heterocycles. The van der Waals surface area contributed by atoms with Crippen LogP contribution in [0.15, 0.2) is 46.3 Å². The quantitative estimate of drug-likeness (QED) is 0.282. The van der Waals surface area contributed by atoms with Crippen molar-refractivity contribution < 1.29 is 45.3 Å². The Hall–Kier alpha value is -3.27. The predicted octanol–water partition coefficient (Wildman–Crippen LogP) is 5.23. The first-order valence-corrected chi connectivity index (χ1v) is 15.1. The van der Waals surface area contributed by atoms with E-state index in [4.69, 9.17) is 14.2 Å². The van der Waals surface area contributed by atoms with E-state index in [-0.39, 0.29) is 23.5 Å². The van der Waals surface area contributed by atoms with Crippen LogP contribution in [-0.2, 0) is 28.5 Å². The Morgan fingerprint density at radius 3 is 2.22 bits per heavy atom. The van der Waals surface area contributed by atoms with Crippen LogP contribution in [0.4, 0.5) is 26.3 Å². The van der Waals surface area contributed by atoms with Crippen molar-refractivity contribution in [3.63, 3.8) is 0 Å². The fourth-order valence-electron chi connectivity index (χ4n) is 5.15. The highest BCUT2D eigenvalue weighted by atomic mass is 32.2. The van der Waals surface area contributed by atoms with Gasteiger partial charge in [0.2, 0.25) is 0 Å². The smallest absolute Gasteiger partial charge is 0.416 e. The maximum atomic E-state index is 13.5. The molecule has 2 fully saturated rings. The normalized spacial score (nSPS) is 19.7.